The molecular weight excluding hydrogens is 276 g/mol. The first kappa shape index (κ1) is 15.2. The third-order valence-electron chi connectivity index (χ3n) is 4.51. The fourth-order valence-corrected chi connectivity index (χ4v) is 3.14. The summed E-state index contributed by atoms with van der Waals surface area (Å²) >= 11 is 0. The Hall–Kier alpha value is -1.69. The quantitative estimate of drug-likeness (QED) is 0.922. The van der Waals surface area contributed by atoms with Crippen molar-refractivity contribution in [3.63, 3.8) is 0 Å². The summed E-state index contributed by atoms with van der Waals surface area (Å²) in [5.41, 5.74) is 0. The molecule has 6 heteroatoms. The topological polar surface area (TPSA) is 62.6 Å². The zero-order chi connectivity index (χ0) is 15.5. The van der Waals surface area contributed by atoms with Crippen LogP contribution in [-0.4, -0.2) is 42.7 Å². The summed E-state index contributed by atoms with van der Waals surface area (Å²) in [4.78, 5) is 11.6. The van der Waals surface area contributed by atoms with Crippen LogP contribution in [0.15, 0.2) is 12.4 Å². The zero-order valence-corrected chi connectivity index (χ0v) is 13.8. The predicted octanol–water partition coefficient (Wildman–Crippen LogP) is 2.52. The monoisotopic (exact) mass is 302 g/mol. The zero-order valence-electron chi connectivity index (χ0n) is 13.8. The molecule has 3 rings (SSSR count). The highest BCUT2D eigenvalue weighted by atomic mass is 15.2. The Morgan fingerprint density at radius 1 is 1.32 bits per heavy atom. The van der Waals surface area contributed by atoms with E-state index in [-0.39, 0.29) is 0 Å². The van der Waals surface area contributed by atoms with Gasteiger partial charge in [-0.1, -0.05) is 6.92 Å². The highest BCUT2D eigenvalue weighted by molar-refractivity contribution is 5.01. The summed E-state index contributed by atoms with van der Waals surface area (Å²) < 4.78 is 2.26. The molecule has 1 aliphatic heterocycles. The van der Waals surface area contributed by atoms with Crippen molar-refractivity contribution < 1.29 is 0 Å². The van der Waals surface area contributed by atoms with E-state index in [1.807, 2.05) is 6.20 Å². The Labute approximate surface area is 132 Å². The number of nitrogens with one attached hydrogen (secondary N) is 1. The molecule has 2 aromatic rings. The Morgan fingerprint density at radius 2 is 2.09 bits per heavy atom. The van der Waals surface area contributed by atoms with Crippen LogP contribution in [0.1, 0.15) is 63.0 Å². The van der Waals surface area contributed by atoms with Gasteiger partial charge in [0.25, 0.3) is 0 Å². The van der Waals surface area contributed by atoms with Crippen LogP contribution in [0.2, 0.25) is 0 Å². The van der Waals surface area contributed by atoms with Crippen LogP contribution in [0.25, 0.3) is 0 Å². The number of H-pyrrole nitrogens is 1. The lowest BCUT2D eigenvalue weighted by Crippen LogP contribution is -2.33. The van der Waals surface area contributed by atoms with E-state index >= 15 is 0 Å². The molecule has 3 heterocycles. The number of hydrogen-bond donors (Lipinski definition) is 1. The molecule has 1 N–H and O–H groups in total. The highest BCUT2D eigenvalue weighted by Gasteiger charge is 2.24. The molecule has 0 unspecified atom stereocenters. The number of hydrogen-bond acceptors (Lipinski definition) is 4. The molecule has 120 valence electrons. The first-order valence-corrected chi connectivity index (χ1v) is 8.32. The van der Waals surface area contributed by atoms with Gasteiger partial charge in [-0.15, -0.1) is 0 Å². The van der Waals surface area contributed by atoms with Crippen molar-refractivity contribution >= 4 is 0 Å². The van der Waals surface area contributed by atoms with Gasteiger partial charge in [0.15, 0.2) is 5.82 Å². The minimum Gasteiger partial charge on any atom is -0.331 e. The summed E-state index contributed by atoms with van der Waals surface area (Å²) in [5.74, 6) is 3.66. The molecule has 1 saturated heterocycles. The molecule has 22 heavy (non-hydrogen) atoms. The molecule has 2 aromatic heterocycles. The van der Waals surface area contributed by atoms with Crippen LogP contribution in [0.3, 0.4) is 0 Å². The van der Waals surface area contributed by atoms with Crippen LogP contribution in [0, 0.1) is 0 Å². The number of aryl methyl sites for hydroxylation is 1. The maximum atomic E-state index is 4.59. The van der Waals surface area contributed by atoms with Crippen molar-refractivity contribution in [2.75, 3.05) is 13.1 Å². The number of nitrogens with zero attached hydrogens (tertiary/aromatic N) is 5. The molecule has 0 spiro atoms. The Morgan fingerprint density at radius 3 is 2.73 bits per heavy atom. The molecule has 0 saturated carbocycles. The first-order chi connectivity index (χ1) is 10.7. The fraction of sp³-hybridized carbons (Fsp3) is 0.688. The molecule has 0 bridgehead atoms. The maximum absolute atomic E-state index is 4.59. The largest absolute Gasteiger partial charge is 0.331 e. The molecule has 0 aromatic carbocycles. The molecule has 0 atom stereocenters. The van der Waals surface area contributed by atoms with Crippen molar-refractivity contribution in [3.8, 4) is 0 Å². The molecule has 0 radical (unpaired) electrons. The first-order valence-electron chi connectivity index (χ1n) is 8.32. The number of imidazole rings is 1. The standard InChI is InChI=1S/C16H26N6/c1-4-14-18-16(20-19-14)13-5-8-21(9-6-13)11-15-17-7-10-22(15)12(2)3/h7,10,12-13H,4-6,8-9,11H2,1-3H3,(H,18,19,20). The van der Waals surface area contributed by atoms with Crippen LogP contribution in [0.5, 0.6) is 0 Å². The second-order valence-electron chi connectivity index (χ2n) is 6.39. The van der Waals surface area contributed by atoms with Crippen molar-refractivity contribution in [1.29, 1.82) is 0 Å². The second kappa shape index (κ2) is 6.60. The van der Waals surface area contributed by atoms with Gasteiger partial charge >= 0.3 is 0 Å². The van der Waals surface area contributed by atoms with Gasteiger partial charge in [-0.25, -0.2) is 9.97 Å². The van der Waals surface area contributed by atoms with Gasteiger partial charge in [-0.3, -0.25) is 10.00 Å². The third-order valence-corrected chi connectivity index (χ3v) is 4.51. The molecule has 0 aliphatic carbocycles. The van der Waals surface area contributed by atoms with Gasteiger partial charge in [0, 0.05) is 30.8 Å². The number of piperidine rings is 1. The van der Waals surface area contributed by atoms with Crippen LogP contribution in [-0.2, 0) is 13.0 Å². The molecule has 1 fully saturated rings. The van der Waals surface area contributed by atoms with Gasteiger partial charge in [0.1, 0.15) is 11.6 Å². The van der Waals surface area contributed by atoms with Crippen LogP contribution >= 0.6 is 0 Å². The number of aromatic nitrogens is 5. The van der Waals surface area contributed by atoms with Gasteiger partial charge in [0.05, 0.1) is 6.54 Å². The van der Waals surface area contributed by atoms with Crippen molar-refractivity contribution in [3.05, 3.63) is 29.9 Å². The molecule has 1 aliphatic rings. The van der Waals surface area contributed by atoms with E-state index in [9.17, 15) is 0 Å². The number of aromatic amines is 1. The van der Waals surface area contributed by atoms with E-state index < -0.39 is 0 Å². The minimum absolute atomic E-state index is 0.468. The predicted molar refractivity (Wildman–Crippen MR) is 85.6 cm³/mol. The normalized spacial score (nSPS) is 17.5. The lowest BCUT2D eigenvalue weighted by Gasteiger charge is -2.30. The van der Waals surface area contributed by atoms with E-state index in [1.54, 1.807) is 0 Å². The van der Waals surface area contributed by atoms with Crippen molar-refractivity contribution in [2.24, 2.45) is 0 Å². The van der Waals surface area contributed by atoms with Gasteiger partial charge in [0.2, 0.25) is 0 Å². The van der Waals surface area contributed by atoms with E-state index in [2.05, 4.69) is 56.6 Å². The SMILES string of the molecule is CCc1nc(C2CCN(Cc3nccn3C(C)C)CC2)n[nH]1. The fourth-order valence-electron chi connectivity index (χ4n) is 3.14. The smallest absolute Gasteiger partial charge is 0.153 e. The summed E-state index contributed by atoms with van der Waals surface area (Å²) in [7, 11) is 0. The van der Waals surface area contributed by atoms with E-state index in [4.69, 9.17) is 0 Å². The molecule has 0 amide bonds. The number of likely N-dealkylation sites (tertiary alicyclic amines) is 1. The average Bonchev–Trinajstić information content (AvgIpc) is 3.16. The highest BCUT2D eigenvalue weighted by Crippen LogP contribution is 2.26. The maximum Gasteiger partial charge on any atom is 0.153 e. The van der Waals surface area contributed by atoms with E-state index in [0.717, 1.165) is 50.5 Å². The third kappa shape index (κ3) is 3.21. The summed E-state index contributed by atoms with van der Waals surface area (Å²) in [5, 5.41) is 7.41. The van der Waals surface area contributed by atoms with Gasteiger partial charge in [-0.05, 0) is 39.8 Å². The Balaban J connectivity index is 1.56. The number of rotatable bonds is 5. The Kier molecular flexibility index (Phi) is 4.57. The van der Waals surface area contributed by atoms with E-state index in [0.29, 0.717) is 12.0 Å². The molecular formula is C16H26N6. The average molecular weight is 302 g/mol. The van der Waals surface area contributed by atoms with Crippen LogP contribution in [0.4, 0.5) is 0 Å². The summed E-state index contributed by atoms with van der Waals surface area (Å²) in [6, 6.07) is 0.468. The van der Waals surface area contributed by atoms with Gasteiger partial charge < -0.3 is 4.57 Å². The summed E-state index contributed by atoms with van der Waals surface area (Å²) in [6.45, 7) is 9.62. The lowest BCUT2D eigenvalue weighted by atomic mass is 9.96. The lowest BCUT2D eigenvalue weighted by molar-refractivity contribution is 0.194. The van der Waals surface area contributed by atoms with Crippen LogP contribution < -0.4 is 0 Å². The molecule has 6 nitrogen and oxygen atoms in total. The van der Waals surface area contributed by atoms with Crippen molar-refractivity contribution in [2.45, 2.75) is 58.5 Å². The second-order valence-corrected chi connectivity index (χ2v) is 6.39. The minimum atomic E-state index is 0.468. The Bertz CT molecular complexity index is 591. The van der Waals surface area contributed by atoms with Crippen molar-refractivity contribution in [1.82, 2.24) is 29.6 Å². The van der Waals surface area contributed by atoms with Gasteiger partial charge in [-0.2, -0.15) is 5.10 Å². The summed E-state index contributed by atoms with van der Waals surface area (Å²) in [6.07, 6.45) is 7.16. The van der Waals surface area contributed by atoms with E-state index in [1.165, 1.54) is 5.82 Å².